The lowest BCUT2D eigenvalue weighted by atomic mass is 9.79. The van der Waals surface area contributed by atoms with Crippen LogP contribution in [0.15, 0.2) is 0 Å². The van der Waals surface area contributed by atoms with Crippen molar-refractivity contribution in [2.45, 2.75) is 74.1 Å². The van der Waals surface area contributed by atoms with Crippen molar-refractivity contribution in [3.63, 3.8) is 0 Å². The molecule has 0 aliphatic carbocycles. The number of Topliss-reactive ketones (excluding diaryl/α,β-unsaturated/α-hetero) is 1. The summed E-state index contributed by atoms with van der Waals surface area (Å²) in [7, 11) is 0. The number of benzene rings is 1. The molecular formula is C19H30O. The molecule has 0 fully saturated rings. The number of hydrogen-bond acceptors (Lipinski definition) is 1. The normalized spacial score (nSPS) is 13.5. The van der Waals surface area contributed by atoms with E-state index in [1.54, 1.807) is 0 Å². The van der Waals surface area contributed by atoms with Gasteiger partial charge in [0, 0.05) is 7.29 Å². The molecule has 20 heavy (non-hydrogen) atoms. The molecule has 1 atom stereocenters. The zero-order valence-electron chi connectivity index (χ0n) is 15.2. The van der Waals surface area contributed by atoms with Crippen LogP contribution in [-0.4, -0.2) is 5.78 Å². The lowest BCUT2D eigenvalue weighted by Gasteiger charge is -2.25. The molecule has 0 aliphatic rings. The van der Waals surface area contributed by atoms with Crippen molar-refractivity contribution in [3.05, 3.63) is 33.4 Å². The van der Waals surface area contributed by atoms with E-state index in [1.165, 1.54) is 33.4 Å². The number of carbonyl (C=O) groups is 1. The fourth-order valence-electron chi connectivity index (χ4n) is 3.25. The van der Waals surface area contributed by atoms with Gasteiger partial charge in [-0.2, -0.15) is 0 Å². The molecule has 0 aliphatic heterocycles. The monoisotopic (exact) mass is 276 g/mol. The summed E-state index contributed by atoms with van der Waals surface area (Å²) in [5, 5.41) is 0. The van der Waals surface area contributed by atoms with Crippen molar-refractivity contribution in [1.82, 2.24) is 0 Å². The number of carbonyl (C=O) groups excluding carboxylic acids is 1. The lowest BCUT2D eigenvalue weighted by Crippen LogP contribution is -2.15. The van der Waals surface area contributed by atoms with E-state index in [-0.39, 0.29) is 18.6 Å². The zero-order valence-corrected chi connectivity index (χ0v) is 14.2. The van der Waals surface area contributed by atoms with Crippen molar-refractivity contribution >= 4 is 5.78 Å². The Kier molecular flexibility index (Phi) is 5.01. The van der Waals surface area contributed by atoms with Gasteiger partial charge in [-0.15, -0.1) is 0 Å². The van der Waals surface area contributed by atoms with Crippen molar-refractivity contribution in [1.29, 1.82) is 0 Å². The van der Waals surface area contributed by atoms with Crippen molar-refractivity contribution in [2.24, 2.45) is 5.92 Å². The first-order valence-corrected chi connectivity index (χ1v) is 7.67. The fraction of sp³-hybridized carbons (Fsp3) is 0.632. The Morgan fingerprint density at radius 1 is 1.05 bits per heavy atom. The molecule has 1 nitrogen and oxygen atoms in total. The summed E-state index contributed by atoms with van der Waals surface area (Å²) in [6, 6.07) is 0. The zero-order chi connectivity index (χ0) is 16.3. The summed E-state index contributed by atoms with van der Waals surface area (Å²) in [5.74, 6) is 0.552. The van der Waals surface area contributed by atoms with Gasteiger partial charge >= 0.3 is 0 Å². The van der Waals surface area contributed by atoms with Crippen molar-refractivity contribution < 1.29 is 6.17 Å². The summed E-state index contributed by atoms with van der Waals surface area (Å²) in [5.41, 5.74) is 7.79. The summed E-state index contributed by atoms with van der Waals surface area (Å²) in [6.07, 6.45) is 1.87. The first-order valence-electron chi connectivity index (χ1n) is 8.37. The molecule has 0 aromatic heterocycles. The van der Waals surface area contributed by atoms with Crippen molar-refractivity contribution in [2.75, 3.05) is 0 Å². The van der Waals surface area contributed by atoms with Crippen LogP contribution in [0.5, 0.6) is 0 Å². The first kappa shape index (κ1) is 15.3. The quantitative estimate of drug-likeness (QED) is 0.722. The second-order valence-corrected chi connectivity index (χ2v) is 6.42. The third-order valence-corrected chi connectivity index (χ3v) is 4.60. The van der Waals surface area contributed by atoms with E-state index in [4.69, 9.17) is 1.37 Å². The largest absolute Gasteiger partial charge is 0.299 e. The summed E-state index contributed by atoms with van der Waals surface area (Å²) in [4.78, 5) is 12.1. The molecule has 112 valence electrons. The van der Waals surface area contributed by atoms with Gasteiger partial charge in [0.1, 0.15) is 5.78 Å². The van der Waals surface area contributed by atoms with E-state index in [9.17, 15) is 4.79 Å². The van der Waals surface area contributed by atoms with E-state index in [2.05, 4.69) is 41.5 Å². The van der Waals surface area contributed by atoms with Crippen LogP contribution in [0.25, 0.3) is 0 Å². The SMILES string of the molecule is [3H]CC(=O)C(CC)c1c(C)c(C)c(CC(C)C)c(C)c1C. The average Bonchev–Trinajstić information content (AvgIpc) is 2.45. The van der Waals surface area contributed by atoms with Gasteiger partial charge in [-0.1, -0.05) is 20.8 Å². The second kappa shape index (κ2) is 6.56. The van der Waals surface area contributed by atoms with Crippen LogP contribution in [0.3, 0.4) is 0 Å². The van der Waals surface area contributed by atoms with Gasteiger partial charge in [0.15, 0.2) is 0 Å². The molecule has 0 radical (unpaired) electrons. The number of hydrogen-bond donors (Lipinski definition) is 0. The molecule has 0 amide bonds. The van der Waals surface area contributed by atoms with Crippen LogP contribution in [0.2, 0.25) is 0 Å². The van der Waals surface area contributed by atoms with Gasteiger partial charge < -0.3 is 0 Å². The van der Waals surface area contributed by atoms with Crippen molar-refractivity contribution in [3.8, 4) is 0 Å². The maximum absolute atomic E-state index is 12.1. The minimum Gasteiger partial charge on any atom is -0.299 e. The van der Waals surface area contributed by atoms with Crippen LogP contribution in [0.4, 0.5) is 0 Å². The molecule has 1 aromatic carbocycles. The number of ketones is 1. The molecule has 1 heteroatoms. The molecule has 1 unspecified atom stereocenters. The van der Waals surface area contributed by atoms with Gasteiger partial charge in [-0.25, -0.2) is 0 Å². The van der Waals surface area contributed by atoms with E-state index in [0.29, 0.717) is 5.92 Å². The highest BCUT2D eigenvalue weighted by atomic mass is 16.1. The minimum absolute atomic E-state index is 0.0408. The Balaban J connectivity index is 3.52. The average molecular weight is 276 g/mol. The smallest absolute Gasteiger partial charge is 0.137 e. The maximum Gasteiger partial charge on any atom is 0.137 e. The molecule has 0 heterocycles. The van der Waals surface area contributed by atoms with E-state index in [0.717, 1.165) is 12.8 Å². The van der Waals surface area contributed by atoms with Crippen LogP contribution >= 0.6 is 0 Å². The highest BCUT2D eigenvalue weighted by Gasteiger charge is 2.23. The third-order valence-electron chi connectivity index (χ3n) is 4.60. The topological polar surface area (TPSA) is 17.1 Å². The van der Waals surface area contributed by atoms with Gasteiger partial charge in [-0.05, 0) is 86.7 Å². The van der Waals surface area contributed by atoms with Crippen LogP contribution in [-0.2, 0) is 11.2 Å². The van der Waals surface area contributed by atoms with Crippen LogP contribution in [0.1, 0.15) is 74.8 Å². The standard InChI is InChI=1S/C19H30O/c1-9-17(16(8)20)19-14(6)12(4)18(10-11(2)3)13(5)15(19)7/h11,17H,9-10H2,1-8H3/i8T. The maximum atomic E-state index is 12.1. The van der Waals surface area contributed by atoms with E-state index < -0.39 is 0 Å². The highest BCUT2D eigenvalue weighted by molar-refractivity contribution is 5.84. The Labute approximate surface area is 126 Å². The van der Waals surface area contributed by atoms with Crippen LogP contribution < -0.4 is 0 Å². The molecule has 0 bridgehead atoms. The minimum atomic E-state index is -0.122. The van der Waals surface area contributed by atoms with E-state index >= 15 is 0 Å². The Morgan fingerprint density at radius 3 is 1.90 bits per heavy atom. The summed E-state index contributed by atoms with van der Waals surface area (Å²) >= 11 is 0. The molecule has 0 saturated heterocycles. The summed E-state index contributed by atoms with van der Waals surface area (Å²) in [6.45, 7) is 15.1. The molecule has 0 N–H and O–H groups in total. The van der Waals surface area contributed by atoms with Gasteiger partial charge in [0.2, 0.25) is 0 Å². The van der Waals surface area contributed by atoms with Gasteiger partial charge in [0.25, 0.3) is 0 Å². The van der Waals surface area contributed by atoms with Crippen LogP contribution in [0, 0.1) is 33.6 Å². The lowest BCUT2D eigenvalue weighted by molar-refractivity contribution is -0.118. The van der Waals surface area contributed by atoms with Gasteiger partial charge in [-0.3, -0.25) is 4.79 Å². The Morgan fingerprint density at radius 2 is 1.55 bits per heavy atom. The van der Waals surface area contributed by atoms with Gasteiger partial charge in [0.05, 0.1) is 0 Å². The van der Waals surface area contributed by atoms with E-state index in [1.807, 2.05) is 6.92 Å². The second-order valence-electron chi connectivity index (χ2n) is 6.42. The molecule has 1 aromatic rings. The number of rotatable bonds is 5. The predicted molar refractivity (Wildman–Crippen MR) is 87.6 cm³/mol. The highest BCUT2D eigenvalue weighted by Crippen LogP contribution is 2.34. The summed E-state index contributed by atoms with van der Waals surface area (Å²) < 4.78 is 7.43. The predicted octanol–water partition coefficient (Wildman–Crippen LogP) is 5.20. The fourth-order valence-corrected chi connectivity index (χ4v) is 3.25. The third kappa shape index (κ3) is 3.13. The Hall–Kier alpha value is -1.11. The Bertz CT molecular complexity index is 500. The molecule has 0 saturated carbocycles. The first-order chi connectivity index (χ1) is 9.76. The molecule has 1 rings (SSSR count). The molecule has 0 spiro atoms. The molecular weight excluding hydrogens is 244 g/mol.